The maximum atomic E-state index is 14.7. The maximum absolute atomic E-state index is 14.7. The molecule has 23 atom stereocenters. The molecule has 7 fully saturated rings. The van der Waals surface area contributed by atoms with Crippen LogP contribution in [0, 0.1) is 50.2 Å². The molecule has 0 radical (unpaired) electrons. The van der Waals surface area contributed by atoms with Crippen LogP contribution in [0.25, 0.3) is 0 Å². The van der Waals surface area contributed by atoms with E-state index < -0.39 is 151 Å². The maximum Gasteiger partial charge on any atom is 0.315 e. The summed E-state index contributed by atoms with van der Waals surface area (Å²) >= 11 is 0. The molecule has 19 nitrogen and oxygen atoms in total. The first-order valence-electron chi connectivity index (χ1n) is 24.7. The van der Waals surface area contributed by atoms with Crippen molar-refractivity contribution in [3.63, 3.8) is 0 Å². The summed E-state index contributed by atoms with van der Waals surface area (Å²) in [6, 6.07) is 0. The van der Waals surface area contributed by atoms with Crippen LogP contribution in [-0.4, -0.2) is 181 Å². The molecular weight excluding hydrogens is 893 g/mol. The Morgan fingerprint density at radius 1 is 0.662 bits per heavy atom. The molecular formula is C49H78O19. The Hall–Kier alpha value is -1.92. The zero-order valence-corrected chi connectivity index (χ0v) is 40.7. The van der Waals surface area contributed by atoms with Crippen molar-refractivity contribution in [2.24, 2.45) is 50.2 Å². The number of aliphatic hydroxyl groups is 10. The number of carbonyl (C=O) groups is 2. The van der Waals surface area contributed by atoms with Crippen molar-refractivity contribution >= 4 is 11.9 Å². The number of aliphatic hydroxyl groups excluding tert-OH is 10. The fraction of sp³-hybridized carbons (Fsp3) is 0.918. The van der Waals surface area contributed by atoms with Gasteiger partial charge in [-0.05, 0) is 96.7 Å². The van der Waals surface area contributed by atoms with Crippen LogP contribution in [0.15, 0.2) is 11.6 Å². The number of hydrogen-bond acceptors (Lipinski definition) is 19. The first-order chi connectivity index (χ1) is 31.7. The van der Waals surface area contributed by atoms with Gasteiger partial charge >= 0.3 is 11.9 Å². The van der Waals surface area contributed by atoms with Gasteiger partial charge in [0, 0.05) is 12.8 Å². The van der Waals surface area contributed by atoms with Crippen molar-refractivity contribution in [1.82, 2.24) is 0 Å². The zero-order chi connectivity index (χ0) is 49.8. The van der Waals surface area contributed by atoms with E-state index >= 15 is 0 Å². The summed E-state index contributed by atoms with van der Waals surface area (Å²) in [6.45, 7) is 15.0. The summed E-state index contributed by atoms with van der Waals surface area (Å²) < 4.78 is 41.8. The van der Waals surface area contributed by atoms with E-state index in [-0.39, 0.29) is 29.3 Å². The molecule has 8 rings (SSSR count). The lowest BCUT2D eigenvalue weighted by atomic mass is 9.33. The predicted molar refractivity (Wildman–Crippen MR) is 235 cm³/mol. The van der Waals surface area contributed by atoms with E-state index in [1.54, 1.807) is 0 Å². The Bertz CT molecular complexity index is 1890. The average Bonchev–Trinajstić information content (AvgIpc) is 3.28. The Morgan fingerprint density at radius 2 is 1.26 bits per heavy atom. The summed E-state index contributed by atoms with van der Waals surface area (Å²) in [4.78, 5) is 27.3. The molecule has 0 amide bonds. The van der Waals surface area contributed by atoms with Gasteiger partial charge in [0.05, 0.1) is 37.4 Å². The predicted octanol–water partition coefficient (Wildman–Crippen LogP) is 0.321. The van der Waals surface area contributed by atoms with Crippen molar-refractivity contribution in [2.45, 2.75) is 211 Å². The summed E-state index contributed by atoms with van der Waals surface area (Å²) in [5, 5.41) is 106. The molecule has 3 heterocycles. The largest absolute Gasteiger partial charge is 0.454 e. The van der Waals surface area contributed by atoms with Gasteiger partial charge in [-0.15, -0.1) is 0 Å². The smallest absolute Gasteiger partial charge is 0.315 e. The minimum absolute atomic E-state index is 0.142. The normalized spacial score (nSPS) is 52.0. The van der Waals surface area contributed by atoms with Gasteiger partial charge in [-0.25, -0.2) is 0 Å². The first-order valence-corrected chi connectivity index (χ1v) is 24.7. The van der Waals surface area contributed by atoms with Crippen LogP contribution in [0.1, 0.15) is 113 Å². The highest BCUT2D eigenvalue weighted by Crippen LogP contribution is 2.76. The molecule has 5 aliphatic carbocycles. The van der Waals surface area contributed by atoms with Crippen molar-refractivity contribution in [3.8, 4) is 0 Å². The fourth-order valence-electron chi connectivity index (χ4n) is 15.1. The van der Waals surface area contributed by atoms with Gasteiger partial charge in [0.15, 0.2) is 18.7 Å². The summed E-state index contributed by atoms with van der Waals surface area (Å²) in [5.41, 5.74) is -2.03. The molecule has 2 unspecified atom stereocenters. The third-order valence-corrected chi connectivity index (χ3v) is 19.4. The topological polar surface area (TPSA) is 301 Å². The standard InChI is InChI=1S/C49H78O19/c1-22(52)63-38-37(67-40-35(58)33(56)31(54)25(19-50)64-40)24(53)21-62-42(38)66-29-12-13-46(6)27(45(29,4)5)11-14-48(8)28(46)10-9-23-30-39(60)44(2,3)15-17-49(30,18-16-47(23,48)7)43(61)68-41-36(59)34(57)32(55)26(20-51)65-41/h9,24-42,50-51,53-60H,10-21H2,1-8H3/t24-,25+,26+,27?,28+,29-,30?,31+,32+,33-,34-,35+,36+,37-,38+,39-,40-,41-,42+,46-,47+,48+,49-/m0/s1. The van der Waals surface area contributed by atoms with Crippen molar-refractivity contribution in [1.29, 1.82) is 0 Å². The molecule has 3 saturated heterocycles. The molecule has 0 aromatic rings. The van der Waals surface area contributed by atoms with Gasteiger partial charge in [0.2, 0.25) is 6.29 Å². The van der Waals surface area contributed by atoms with Crippen LogP contribution in [-0.2, 0) is 42.7 Å². The number of allylic oxidation sites excluding steroid dienone is 1. The molecule has 4 saturated carbocycles. The van der Waals surface area contributed by atoms with Gasteiger partial charge in [0.25, 0.3) is 0 Å². The molecule has 3 aliphatic heterocycles. The third-order valence-electron chi connectivity index (χ3n) is 19.4. The monoisotopic (exact) mass is 971 g/mol. The Labute approximate surface area is 398 Å². The Morgan fingerprint density at radius 3 is 1.88 bits per heavy atom. The second kappa shape index (κ2) is 18.5. The van der Waals surface area contributed by atoms with E-state index in [1.165, 1.54) is 6.92 Å². The van der Waals surface area contributed by atoms with Crippen LogP contribution in [0.4, 0.5) is 0 Å². The Balaban J connectivity index is 1.04. The number of carbonyl (C=O) groups excluding carboxylic acids is 2. The lowest BCUT2D eigenvalue weighted by molar-refractivity contribution is -0.357. The number of hydrogen-bond donors (Lipinski definition) is 10. The van der Waals surface area contributed by atoms with Crippen molar-refractivity contribution in [3.05, 3.63) is 11.6 Å². The van der Waals surface area contributed by atoms with Crippen LogP contribution in [0.5, 0.6) is 0 Å². The third kappa shape index (κ3) is 8.13. The average molecular weight is 971 g/mol. The quantitative estimate of drug-likeness (QED) is 0.0846. The molecule has 388 valence electrons. The molecule has 19 heteroatoms. The van der Waals surface area contributed by atoms with Crippen molar-refractivity contribution < 1.29 is 93.8 Å². The molecule has 0 bridgehead atoms. The Kier molecular flexibility index (Phi) is 14.3. The van der Waals surface area contributed by atoms with Gasteiger partial charge in [0.1, 0.15) is 61.0 Å². The molecule has 68 heavy (non-hydrogen) atoms. The molecule has 0 spiro atoms. The van der Waals surface area contributed by atoms with E-state index in [9.17, 15) is 60.7 Å². The van der Waals surface area contributed by atoms with Crippen LogP contribution in [0.3, 0.4) is 0 Å². The van der Waals surface area contributed by atoms with Crippen LogP contribution < -0.4 is 0 Å². The summed E-state index contributed by atoms with van der Waals surface area (Å²) in [6.07, 6.45) is -14.6. The van der Waals surface area contributed by atoms with Gasteiger partial charge in [-0.3, -0.25) is 9.59 Å². The number of rotatable bonds is 9. The first kappa shape index (κ1) is 52.4. The molecule has 0 aromatic carbocycles. The number of ether oxygens (including phenoxy) is 7. The minimum Gasteiger partial charge on any atom is -0.454 e. The number of esters is 2. The van der Waals surface area contributed by atoms with E-state index in [2.05, 4.69) is 40.7 Å². The van der Waals surface area contributed by atoms with Crippen LogP contribution >= 0.6 is 0 Å². The van der Waals surface area contributed by atoms with E-state index in [1.807, 2.05) is 13.8 Å². The lowest BCUT2D eigenvalue weighted by Crippen LogP contribution is -2.67. The lowest BCUT2D eigenvalue weighted by Gasteiger charge is -2.71. The van der Waals surface area contributed by atoms with Gasteiger partial charge in [-0.1, -0.05) is 60.1 Å². The number of fused-ring (bicyclic) bond motifs is 7. The second-order valence-corrected chi connectivity index (χ2v) is 23.6. The summed E-state index contributed by atoms with van der Waals surface area (Å²) in [5.74, 6) is -1.64. The fourth-order valence-corrected chi connectivity index (χ4v) is 15.1. The van der Waals surface area contributed by atoms with E-state index in [0.717, 1.165) is 24.8 Å². The minimum atomic E-state index is -1.77. The molecule has 10 N–H and O–H groups in total. The van der Waals surface area contributed by atoms with E-state index in [4.69, 9.17) is 33.2 Å². The van der Waals surface area contributed by atoms with E-state index in [0.29, 0.717) is 38.5 Å². The zero-order valence-electron chi connectivity index (χ0n) is 40.7. The van der Waals surface area contributed by atoms with Crippen molar-refractivity contribution in [2.75, 3.05) is 19.8 Å². The summed E-state index contributed by atoms with van der Waals surface area (Å²) in [7, 11) is 0. The highest BCUT2D eigenvalue weighted by molar-refractivity contribution is 5.79. The highest BCUT2D eigenvalue weighted by Gasteiger charge is 2.71. The van der Waals surface area contributed by atoms with Crippen LogP contribution in [0.2, 0.25) is 0 Å². The highest BCUT2D eigenvalue weighted by atomic mass is 16.7. The second-order valence-electron chi connectivity index (χ2n) is 23.6. The SMILES string of the molecule is CC(=O)O[C@H]1[C@@H](O[C@H]2CC[C@@]3(C)C(CC[C@]4(C)[C@@H]3CC=C3C5[C@H](O)C(C)(C)CC[C@]5(C(=O)O[C@@H]5O[C@H](CO)[C@@H](O)[C@H](O)[C@H]5O)CC[C@]34C)C2(C)C)OC[C@H](O)[C@@H]1O[C@@H]1O[C@H](CO)[C@@H](O)[C@H](O)[C@H]1O. The van der Waals surface area contributed by atoms with Gasteiger partial charge in [-0.2, -0.15) is 0 Å². The molecule has 0 aromatic heterocycles. The molecule has 8 aliphatic rings. The van der Waals surface area contributed by atoms with Gasteiger partial charge < -0.3 is 84.2 Å².